The van der Waals surface area contributed by atoms with Crippen LogP contribution in [0.1, 0.15) is 29.9 Å². The van der Waals surface area contributed by atoms with Gasteiger partial charge in [0, 0.05) is 30.9 Å². The molecule has 2 N–H and O–H groups in total. The van der Waals surface area contributed by atoms with Crippen LogP contribution in [0.15, 0.2) is 42.6 Å². The molecule has 1 aliphatic heterocycles. The number of hydrogen-bond acceptors (Lipinski definition) is 6. The first-order valence-electron chi connectivity index (χ1n) is 11.2. The molecular formula is C24H27N7O2. The maximum atomic E-state index is 12.6. The summed E-state index contributed by atoms with van der Waals surface area (Å²) >= 11 is 0. The number of nitrogens with zero attached hydrogens (tertiary/aromatic N) is 5. The van der Waals surface area contributed by atoms with Crippen LogP contribution in [0.5, 0.6) is 0 Å². The fraction of sp³-hybridized carbons (Fsp3) is 0.333. The fourth-order valence-corrected chi connectivity index (χ4v) is 3.95. The van der Waals surface area contributed by atoms with Crippen molar-refractivity contribution in [3.05, 3.63) is 53.9 Å². The Morgan fingerprint density at radius 3 is 2.73 bits per heavy atom. The SMILES string of the molecule is Cc1cccc(-c2ccn(-c3nc(N4CCOCC4)c4[nH]c(C(=O)NC(C)C)cc4n3)n2)c1. The first-order valence-corrected chi connectivity index (χ1v) is 11.2. The quantitative estimate of drug-likeness (QED) is 0.490. The number of fused-ring (bicyclic) bond motifs is 1. The summed E-state index contributed by atoms with van der Waals surface area (Å²) < 4.78 is 7.20. The number of aryl methyl sites for hydroxylation is 1. The summed E-state index contributed by atoms with van der Waals surface area (Å²) in [5.41, 5.74) is 4.93. The molecule has 4 heterocycles. The van der Waals surface area contributed by atoms with E-state index in [-0.39, 0.29) is 11.9 Å². The van der Waals surface area contributed by atoms with Gasteiger partial charge in [-0.2, -0.15) is 10.1 Å². The summed E-state index contributed by atoms with van der Waals surface area (Å²) in [5, 5.41) is 7.65. The molecule has 0 bridgehead atoms. The molecule has 3 aromatic heterocycles. The summed E-state index contributed by atoms with van der Waals surface area (Å²) in [6.45, 7) is 8.61. The Hall–Kier alpha value is -3.72. The number of hydrogen-bond donors (Lipinski definition) is 2. The Labute approximate surface area is 191 Å². The van der Waals surface area contributed by atoms with Crippen molar-refractivity contribution in [1.82, 2.24) is 30.0 Å². The van der Waals surface area contributed by atoms with Crippen LogP contribution in [-0.4, -0.2) is 63.0 Å². The molecular weight excluding hydrogens is 418 g/mol. The van der Waals surface area contributed by atoms with Gasteiger partial charge in [-0.05, 0) is 39.0 Å². The summed E-state index contributed by atoms with van der Waals surface area (Å²) in [7, 11) is 0. The number of rotatable bonds is 5. The lowest BCUT2D eigenvalue weighted by atomic mass is 10.1. The van der Waals surface area contributed by atoms with Gasteiger partial charge in [-0.15, -0.1) is 0 Å². The van der Waals surface area contributed by atoms with Gasteiger partial charge in [-0.3, -0.25) is 4.79 Å². The van der Waals surface area contributed by atoms with Crippen molar-refractivity contribution < 1.29 is 9.53 Å². The molecule has 170 valence electrons. The number of aromatic nitrogens is 5. The van der Waals surface area contributed by atoms with Gasteiger partial charge in [0.15, 0.2) is 5.82 Å². The molecule has 9 heteroatoms. The number of anilines is 1. The highest BCUT2D eigenvalue weighted by atomic mass is 16.5. The average molecular weight is 446 g/mol. The number of morpholine rings is 1. The molecule has 0 unspecified atom stereocenters. The van der Waals surface area contributed by atoms with Gasteiger partial charge in [0.05, 0.1) is 24.4 Å². The van der Waals surface area contributed by atoms with Crippen molar-refractivity contribution in [1.29, 1.82) is 0 Å². The highest BCUT2D eigenvalue weighted by Gasteiger charge is 2.22. The van der Waals surface area contributed by atoms with Crippen molar-refractivity contribution in [2.75, 3.05) is 31.2 Å². The Morgan fingerprint density at radius 1 is 1.15 bits per heavy atom. The van der Waals surface area contributed by atoms with Gasteiger partial charge in [0.2, 0.25) is 0 Å². The maximum absolute atomic E-state index is 12.6. The van der Waals surface area contributed by atoms with E-state index in [4.69, 9.17) is 19.8 Å². The van der Waals surface area contributed by atoms with Crippen LogP contribution in [0, 0.1) is 6.92 Å². The minimum atomic E-state index is -0.168. The minimum absolute atomic E-state index is 0.0355. The number of H-pyrrole nitrogens is 1. The monoisotopic (exact) mass is 445 g/mol. The summed E-state index contributed by atoms with van der Waals surface area (Å²) in [6.07, 6.45) is 1.86. The first kappa shape index (κ1) is 21.1. The summed E-state index contributed by atoms with van der Waals surface area (Å²) in [5.74, 6) is 1.03. The third kappa shape index (κ3) is 4.31. The minimum Gasteiger partial charge on any atom is -0.378 e. The lowest BCUT2D eigenvalue weighted by Crippen LogP contribution is -2.37. The highest BCUT2D eigenvalue weighted by Crippen LogP contribution is 2.27. The van der Waals surface area contributed by atoms with E-state index in [1.54, 1.807) is 10.7 Å². The van der Waals surface area contributed by atoms with Crippen molar-refractivity contribution >= 4 is 22.8 Å². The number of aromatic amines is 1. The van der Waals surface area contributed by atoms with E-state index in [1.807, 2.05) is 38.2 Å². The summed E-state index contributed by atoms with van der Waals surface area (Å²) in [6, 6.07) is 12.0. The normalized spacial score (nSPS) is 14.2. The van der Waals surface area contributed by atoms with Crippen LogP contribution in [0.2, 0.25) is 0 Å². The van der Waals surface area contributed by atoms with E-state index in [9.17, 15) is 4.79 Å². The summed E-state index contributed by atoms with van der Waals surface area (Å²) in [4.78, 5) is 27.6. The zero-order chi connectivity index (χ0) is 22.9. The second kappa shape index (κ2) is 8.67. The average Bonchev–Trinajstić information content (AvgIpc) is 3.46. The highest BCUT2D eigenvalue weighted by molar-refractivity contribution is 5.99. The van der Waals surface area contributed by atoms with Crippen LogP contribution in [0.4, 0.5) is 5.82 Å². The first-order chi connectivity index (χ1) is 16.0. The smallest absolute Gasteiger partial charge is 0.267 e. The molecule has 33 heavy (non-hydrogen) atoms. The van der Waals surface area contributed by atoms with Crippen LogP contribution in [-0.2, 0) is 4.74 Å². The number of amides is 1. The zero-order valence-electron chi connectivity index (χ0n) is 19.0. The number of carbonyl (C=O) groups is 1. The lowest BCUT2D eigenvalue weighted by molar-refractivity contribution is 0.0939. The third-order valence-electron chi connectivity index (χ3n) is 5.53. The van der Waals surface area contributed by atoms with E-state index in [0.717, 1.165) is 22.6 Å². The topological polar surface area (TPSA) is 101 Å². The van der Waals surface area contributed by atoms with Crippen LogP contribution < -0.4 is 10.2 Å². The number of carbonyl (C=O) groups excluding carboxylic acids is 1. The molecule has 5 rings (SSSR count). The van der Waals surface area contributed by atoms with Gasteiger partial charge < -0.3 is 19.9 Å². The molecule has 1 aromatic carbocycles. The van der Waals surface area contributed by atoms with E-state index < -0.39 is 0 Å². The Morgan fingerprint density at radius 2 is 1.97 bits per heavy atom. The van der Waals surface area contributed by atoms with E-state index in [1.165, 1.54) is 5.56 Å². The molecule has 4 aromatic rings. The predicted molar refractivity (Wildman–Crippen MR) is 127 cm³/mol. The molecule has 0 radical (unpaired) electrons. The largest absolute Gasteiger partial charge is 0.378 e. The van der Waals surface area contributed by atoms with Gasteiger partial charge in [-0.25, -0.2) is 9.67 Å². The number of ether oxygens (including phenoxy) is 1. The molecule has 0 aliphatic carbocycles. The van der Waals surface area contributed by atoms with Gasteiger partial charge >= 0.3 is 0 Å². The van der Waals surface area contributed by atoms with E-state index >= 15 is 0 Å². The molecule has 1 fully saturated rings. The van der Waals surface area contributed by atoms with Crippen molar-refractivity contribution in [3.63, 3.8) is 0 Å². The van der Waals surface area contributed by atoms with Gasteiger partial charge in [0.1, 0.15) is 11.2 Å². The van der Waals surface area contributed by atoms with Crippen LogP contribution >= 0.6 is 0 Å². The molecule has 0 atom stereocenters. The van der Waals surface area contributed by atoms with E-state index in [2.05, 4.69) is 34.3 Å². The van der Waals surface area contributed by atoms with Crippen molar-refractivity contribution in [2.45, 2.75) is 26.8 Å². The predicted octanol–water partition coefficient (Wildman–Crippen LogP) is 3.09. The Balaban J connectivity index is 1.58. The second-order valence-electron chi connectivity index (χ2n) is 8.53. The molecule has 0 spiro atoms. The van der Waals surface area contributed by atoms with Crippen molar-refractivity contribution in [2.24, 2.45) is 0 Å². The van der Waals surface area contributed by atoms with Gasteiger partial charge in [0.25, 0.3) is 11.9 Å². The standard InChI is InChI=1S/C24H27N7O2/c1-15(2)25-23(32)20-14-19-21(26-20)22(30-9-11-33-12-10-30)28-24(27-19)31-8-7-18(29-31)17-6-4-5-16(3)13-17/h4-8,13-15,26H,9-12H2,1-3H3,(H,25,32). The molecule has 9 nitrogen and oxygen atoms in total. The Bertz CT molecular complexity index is 1300. The molecule has 1 saturated heterocycles. The number of benzene rings is 1. The maximum Gasteiger partial charge on any atom is 0.267 e. The third-order valence-corrected chi connectivity index (χ3v) is 5.53. The molecule has 0 saturated carbocycles. The molecule has 1 aliphatic rings. The van der Waals surface area contributed by atoms with E-state index in [0.29, 0.717) is 43.5 Å². The van der Waals surface area contributed by atoms with Crippen molar-refractivity contribution in [3.8, 4) is 17.2 Å². The fourth-order valence-electron chi connectivity index (χ4n) is 3.95. The Kier molecular flexibility index (Phi) is 5.55. The van der Waals surface area contributed by atoms with Crippen LogP contribution in [0.25, 0.3) is 28.2 Å². The van der Waals surface area contributed by atoms with Crippen LogP contribution in [0.3, 0.4) is 0 Å². The van der Waals surface area contributed by atoms with Gasteiger partial charge in [-0.1, -0.05) is 23.8 Å². The second-order valence-corrected chi connectivity index (χ2v) is 8.53. The molecule has 1 amide bonds. The number of nitrogens with one attached hydrogen (secondary N) is 2. The zero-order valence-corrected chi connectivity index (χ0v) is 19.0. The lowest BCUT2D eigenvalue weighted by Gasteiger charge is -2.28.